The zero-order valence-electron chi connectivity index (χ0n) is 13.7. The van der Waals surface area contributed by atoms with Crippen LogP contribution in [0.25, 0.3) is 0 Å². The molecule has 0 fully saturated rings. The first kappa shape index (κ1) is 17.0. The van der Waals surface area contributed by atoms with Crippen LogP contribution in [0.5, 0.6) is 0 Å². The number of hydrogen-bond acceptors (Lipinski definition) is 4. The molecule has 1 aliphatic rings. The van der Waals surface area contributed by atoms with E-state index < -0.39 is 12.0 Å². The van der Waals surface area contributed by atoms with Crippen LogP contribution >= 0.6 is 0 Å². The molecule has 0 unspecified atom stereocenters. The van der Waals surface area contributed by atoms with Crippen LogP contribution in [0.3, 0.4) is 0 Å². The number of benzene rings is 1. The van der Waals surface area contributed by atoms with E-state index in [2.05, 4.69) is 10.4 Å². The Morgan fingerprint density at radius 2 is 2.00 bits per heavy atom. The lowest BCUT2D eigenvalue weighted by atomic mass is 9.99. The summed E-state index contributed by atoms with van der Waals surface area (Å²) < 4.78 is 0. The fraction of sp³-hybridized carbons (Fsp3) is 0.471. The highest BCUT2D eigenvalue weighted by Gasteiger charge is 2.25. The van der Waals surface area contributed by atoms with Gasteiger partial charge >= 0.3 is 5.97 Å². The van der Waals surface area contributed by atoms with Crippen molar-refractivity contribution in [3.63, 3.8) is 0 Å². The van der Waals surface area contributed by atoms with Gasteiger partial charge in [-0.2, -0.15) is 5.10 Å². The van der Waals surface area contributed by atoms with Gasteiger partial charge in [0.2, 0.25) is 0 Å². The number of hydrazone groups is 1. The van der Waals surface area contributed by atoms with Crippen molar-refractivity contribution in [1.82, 2.24) is 5.32 Å². The number of hydrogen-bond donors (Lipinski definition) is 2. The summed E-state index contributed by atoms with van der Waals surface area (Å²) >= 11 is 0. The lowest BCUT2D eigenvalue weighted by Gasteiger charge is -2.20. The van der Waals surface area contributed by atoms with Crippen LogP contribution in [0.2, 0.25) is 0 Å². The van der Waals surface area contributed by atoms with Gasteiger partial charge in [-0.1, -0.05) is 20.3 Å². The molecule has 0 saturated heterocycles. The molecular formula is C17H23N3O3. The first-order chi connectivity index (χ1) is 10.9. The van der Waals surface area contributed by atoms with E-state index >= 15 is 0 Å². The second-order valence-electron chi connectivity index (χ2n) is 5.93. The fourth-order valence-electron chi connectivity index (χ4n) is 2.45. The Bertz CT molecular complexity index is 610. The summed E-state index contributed by atoms with van der Waals surface area (Å²) in [6.45, 7) is 6.55. The quantitative estimate of drug-likeness (QED) is 0.844. The Hall–Kier alpha value is -2.37. The molecular weight excluding hydrogens is 294 g/mol. The third kappa shape index (κ3) is 4.09. The number of nitrogens with zero attached hydrogens (tertiary/aromatic N) is 2. The molecule has 0 bridgehead atoms. The SMILES string of the molecule is CC[C@H](C)[C@H](NC(=O)c1ccc(N2CCC(C)=N2)cc1)C(=O)O. The first-order valence-electron chi connectivity index (χ1n) is 7.87. The zero-order valence-corrected chi connectivity index (χ0v) is 13.7. The van der Waals surface area contributed by atoms with Crippen LogP contribution in [0.4, 0.5) is 5.69 Å². The Kier molecular flexibility index (Phi) is 5.36. The van der Waals surface area contributed by atoms with Crippen molar-refractivity contribution in [2.45, 2.75) is 39.7 Å². The number of carbonyl (C=O) groups excluding carboxylic acids is 1. The lowest BCUT2D eigenvalue weighted by molar-refractivity contribution is -0.140. The highest BCUT2D eigenvalue weighted by atomic mass is 16.4. The third-order valence-electron chi connectivity index (χ3n) is 4.17. The fourth-order valence-corrected chi connectivity index (χ4v) is 2.45. The van der Waals surface area contributed by atoms with Gasteiger partial charge in [-0.05, 0) is 37.1 Å². The van der Waals surface area contributed by atoms with Gasteiger partial charge in [0.05, 0.1) is 5.69 Å². The highest BCUT2D eigenvalue weighted by Crippen LogP contribution is 2.20. The molecule has 0 aromatic heterocycles. The number of anilines is 1. The number of carboxylic acid groups (broad SMARTS) is 1. The summed E-state index contributed by atoms with van der Waals surface area (Å²) in [6, 6.07) is 6.18. The largest absolute Gasteiger partial charge is 0.480 e. The molecule has 1 heterocycles. The van der Waals surface area contributed by atoms with E-state index in [1.807, 2.05) is 37.9 Å². The molecule has 6 heteroatoms. The number of carbonyl (C=O) groups is 2. The Labute approximate surface area is 136 Å². The second-order valence-corrected chi connectivity index (χ2v) is 5.93. The monoisotopic (exact) mass is 317 g/mol. The molecule has 0 radical (unpaired) electrons. The highest BCUT2D eigenvalue weighted by molar-refractivity contribution is 5.97. The van der Waals surface area contributed by atoms with E-state index in [0.29, 0.717) is 12.0 Å². The number of nitrogens with one attached hydrogen (secondary N) is 1. The minimum absolute atomic E-state index is 0.127. The molecule has 124 valence electrons. The van der Waals surface area contributed by atoms with Crippen molar-refractivity contribution in [3.05, 3.63) is 29.8 Å². The number of carboxylic acids is 1. The van der Waals surface area contributed by atoms with Crippen molar-refractivity contribution in [1.29, 1.82) is 0 Å². The van der Waals surface area contributed by atoms with Crippen molar-refractivity contribution >= 4 is 23.3 Å². The van der Waals surface area contributed by atoms with E-state index in [1.165, 1.54) is 0 Å². The normalized spacial score (nSPS) is 16.7. The van der Waals surface area contributed by atoms with Crippen LogP contribution in [-0.2, 0) is 4.79 Å². The molecule has 0 spiro atoms. The van der Waals surface area contributed by atoms with E-state index in [4.69, 9.17) is 0 Å². The summed E-state index contributed by atoms with van der Waals surface area (Å²) in [5.74, 6) is -1.51. The molecule has 1 aromatic rings. The maximum Gasteiger partial charge on any atom is 0.326 e. The average molecular weight is 317 g/mol. The number of amides is 1. The predicted molar refractivity (Wildman–Crippen MR) is 89.9 cm³/mol. The Morgan fingerprint density at radius 1 is 1.35 bits per heavy atom. The predicted octanol–water partition coefficient (Wildman–Crippen LogP) is 2.50. The summed E-state index contributed by atoms with van der Waals surface area (Å²) in [4.78, 5) is 23.5. The maximum absolute atomic E-state index is 12.2. The minimum atomic E-state index is -1.01. The smallest absolute Gasteiger partial charge is 0.326 e. The first-order valence-corrected chi connectivity index (χ1v) is 7.87. The van der Waals surface area contributed by atoms with Crippen molar-refractivity contribution < 1.29 is 14.7 Å². The van der Waals surface area contributed by atoms with Crippen molar-refractivity contribution in [3.8, 4) is 0 Å². The van der Waals surface area contributed by atoms with Crippen LogP contribution in [0.15, 0.2) is 29.4 Å². The molecule has 1 amide bonds. The second kappa shape index (κ2) is 7.26. The summed E-state index contributed by atoms with van der Waals surface area (Å²) in [7, 11) is 0. The third-order valence-corrected chi connectivity index (χ3v) is 4.17. The van der Waals surface area contributed by atoms with Gasteiger partial charge in [-0.15, -0.1) is 0 Å². The van der Waals surface area contributed by atoms with Gasteiger partial charge in [0.15, 0.2) is 0 Å². The van der Waals surface area contributed by atoms with Gasteiger partial charge in [0.25, 0.3) is 5.91 Å². The van der Waals surface area contributed by atoms with Crippen LogP contribution in [-0.4, -0.2) is 35.3 Å². The molecule has 6 nitrogen and oxygen atoms in total. The minimum Gasteiger partial charge on any atom is -0.480 e. The number of rotatable bonds is 6. The lowest BCUT2D eigenvalue weighted by Crippen LogP contribution is -2.45. The van der Waals surface area contributed by atoms with E-state index in [9.17, 15) is 14.7 Å². The van der Waals surface area contributed by atoms with Crippen molar-refractivity contribution in [2.24, 2.45) is 11.0 Å². The number of aliphatic carboxylic acids is 1. The maximum atomic E-state index is 12.2. The molecule has 0 aliphatic carbocycles. The summed E-state index contributed by atoms with van der Waals surface area (Å²) in [5, 5.41) is 18.2. The Balaban J connectivity index is 2.06. The molecule has 2 N–H and O–H groups in total. The molecule has 1 aliphatic heterocycles. The van der Waals surface area contributed by atoms with Gasteiger partial charge in [-0.3, -0.25) is 9.80 Å². The zero-order chi connectivity index (χ0) is 17.0. The molecule has 1 aromatic carbocycles. The van der Waals surface area contributed by atoms with Gasteiger partial charge < -0.3 is 10.4 Å². The average Bonchev–Trinajstić information content (AvgIpc) is 2.98. The summed E-state index contributed by atoms with van der Waals surface area (Å²) in [6.07, 6.45) is 1.62. The van der Waals surface area contributed by atoms with E-state index in [0.717, 1.165) is 24.4 Å². The van der Waals surface area contributed by atoms with Crippen molar-refractivity contribution in [2.75, 3.05) is 11.6 Å². The molecule has 23 heavy (non-hydrogen) atoms. The van der Waals surface area contributed by atoms with Crippen LogP contribution < -0.4 is 10.3 Å². The summed E-state index contributed by atoms with van der Waals surface area (Å²) in [5.41, 5.74) is 2.46. The van der Waals surface area contributed by atoms with Gasteiger partial charge in [0, 0.05) is 24.2 Å². The van der Waals surface area contributed by atoms with E-state index in [-0.39, 0.29) is 11.8 Å². The van der Waals surface area contributed by atoms with Crippen LogP contribution in [0.1, 0.15) is 44.0 Å². The van der Waals surface area contributed by atoms with Crippen LogP contribution in [0, 0.1) is 5.92 Å². The van der Waals surface area contributed by atoms with Gasteiger partial charge in [-0.25, -0.2) is 4.79 Å². The molecule has 2 atom stereocenters. The Morgan fingerprint density at radius 3 is 2.48 bits per heavy atom. The molecule has 2 rings (SSSR count). The topological polar surface area (TPSA) is 82.0 Å². The van der Waals surface area contributed by atoms with Gasteiger partial charge in [0.1, 0.15) is 6.04 Å². The van der Waals surface area contributed by atoms with E-state index in [1.54, 1.807) is 12.1 Å². The molecule has 0 saturated carbocycles. The standard InChI is InChI=1S/C17H23N3O3/c1-4-11(2)15(17(22)23)18-16(21)13-5-7-14(8-6-13)20-10-9-12(3)19-20/h5-8,11,15H,4,9-10H2,1-3H3,(H,18,21)(H,22,23)/t11-,15-/m0/s1.